The number of alkyl halides is 3. The minimum atomic E-state index is -4.27. The molecule has 0 aromatic carbocycles. The van der Waals surface area contributed by atoms with E-state index in [1.165, 1.54) is 14.1 Å². The van der Waals surface area contributed by atoms with Gasteiger partial charge in [-0.3, -0.25) is 13.9 Å². The van der Waals surface area contributed by atoms with Gasteiger partial charge in [-0.15, -0.1) is 0 Å². The van der Waals surface area contributed by atoms with E-state index in [1.807, 2.05) is 0 Å². The second-order valence-corrected chi connectivity index (χ2v) is 5.79. The van der Waals surface area contributed by atoms with E-state index in [0.29, 0.717) is 12.8 Å². The Balaban J connectivity index is 2.36. The average Bonchev–Trinajstić information content (AvgIpc) is 2.50. The van der Waals surface area contributed by atoms with Crippen molar-refractivity contribution in [3.8, 4) is 6.07 Å². The maximum Gasteiger partial charge on any atom is 0.391 e. The number of rotatable bonds is 2. The molecule has 126 valence electrons. The summed E-state index contributed by atoms with van der Waals surface area (Å²) in [7, 11) is 2.62. The first-order valence-electron chi connectivity index (χ1n) is 7.20. The molecule has 0 radical (unpaired) electrons. The average molecular weight is 330 g/mol. The number of anilines is 1. The molecule has 6 nitrogen and oxygen atoms in total. The molecule has 0 unspecified atom stereocenters. The van der Waals surface area contributed by atoms with Crippen molar-refractivity contribution in [2.75, 3.05) is 5.32 Å². The lowest BCUT2D eigenvalue weighted by molar-refractivity contribution is -0.182. The van der Waals surface area contributed by atoms with E-state index < -0.39 is 29.4 Å². The van der Waals surface area contributed by atoms with Crippen molar-refractivity contribution in [3.05, 3.63) is 26.4 Å². The van der Waals surface area contributed by atoms with Gasteiger partial charge in [0.15, 0.2) is 5.56 Å². The monoisotopic (exact) mass is 330 g/mol. The smallest absolute Gasteiger partial charge is 0.367 e. The molecule has 1 heterocycles. The molecule has 1 saturated carbocycles. The summed E-state index contributed by atoms with van der Waals surface area (Å²) in [5, 5.41) is 12.0. The van der Waals surface area contributed by atoms with Crippen molar-refractivity contribution in [1.82, 2.24) is 9.13 Å². The summed E-state index contributed by atoms with van der Waals surface area (Å²) < 4.78 is 40.5. The minimum Gasteiger partial charge on any atom is -0.367 e. The van der Waals surface area contributed by atoms with Crippen molar-refractivity contribution in [2.45, 2.75) is 37.9 Å². The molecule has 9 heteroatoms. The molecule has 0 spiro atoms. The van der Waals surface area contributed by atoms with Crippen molar-refractivity contribution >= 4 is 5.82 Å². The van der Waals surface area contributed by atoms with Gasteiger partial charge in [-0.05, 0) is 19.3 Å². The van der Waals surface area contributed by atoms with Crippen LogP contribution in [0.15, 0.2) is 9.59 Å². The molecule has 0 saturated heterocycles. The van der Waals surface area contributed by atoms with Gasteiger partial charge >= 0.3 is 11.9 Å². The van der Waals surface area contributed by atoms with E-state index in [9.17, 15) is 22.8 Å². The van der Waals surface area contributed by atoms with E-state index in [-0.39, 0.29) is 24.2 Å². The van der Waals surface area contributed by atoms with Crippen LogP contribution in [-0.4, -0.2) is 21.4 Å². The first-order valence-corrected chi connectivity index (χ1v) is 7.20. The van der Waals surface area contributed by atoms with Gasteiger partial charge in [0.1, 0.15) is 11.9 Å². The predicted molar refractivity (Wildman–Crippen MR) is 77.1 cm³/mol. The molecule has 23 heavy (non-hydrogen) atoms. The second kappa shape index (κ2) is 6.10. The van der Waals surface area contributed by atoms with Gasteiger partial charge in [0.25, 0.3) is 5.56 Å². The molecule has 1 aromatic heterocycles. The Kier molecular flexibility index (Phi) is 4.54. The van der Waals surface area contributed by atoms with Gasteiger partial charge < -0.3 is 5.32 Å². The zero-order valence-corrected chi connectivity index (χ0v) is 12.8. The fourth-order valence-electron chi connectivity index (χ4n) is 2.93. The third kappa shape index (κ3) is 3.25. The Morgan fingerprint density at radius 1 is 1.22 bits per heavy atom. The van der Waals surface area contributed by atoms with E-state index in [0.717, 1.165) is 9.13 Å². The molecule has 0 bridgehead atoms. The molecule has 0 amide bonds. The number of halogens is 3. The van der Waals surface area contributed by atoms with Crippen molar-refractivity contribution in [1.29, 1.82) is 5.26 Å². The number of nitrogens with one attached hydrogen (secondary N) is 1. The highest BCUT2D eigenvalue weighted by molar-refractivity contribution is 5.51. The lowest BCUT2D eigenvalue weighted by Gasteiger charge is -2.32. The normalized spacial score (nSPS) is 21.7. The molecule has 2 atom stereocenters. The molecule has 2 rings (SSSR count). The lowest BCUT2D eigenvalue weighted by Crippen LogP contribution is -2.42. The van der Waals surface area contributed by atoms with E-state index in [4.69, 9.17) is 5.26 Å². The molecule has 1 fully saturated rings. The summed E-state index contributed by atoms with van der Waals surface area (Å²) in [4.78, 5) is 23.9. The van der Waals surface area contributed by atoms with Crippen LogP contribution in [0, 0.1) is 17.2 Å². The largest absolute Gasteiger partial charge is 0.391 e. The van der Waals surface area contributed by atoms with E-state index in [1.54, 1.807) is 6.07 Å². The highest BCUT2D eigenvalue weighted by atomic mass is 19.4. The maximum absolute atomic E-state index is 12.9. The Bertz CT molecular complexity index is 757. The molecule has 1 aliphatic rings. The van der Waals surface area contributed by atoms with Crippen LogP contribution >= 0.6 is 0 Å². The van der Waals surface area contributed by atoms with E-state index >= 15 is 0 Å². The van der Waals surface area contributed by atoms with E-state index in [2.05, 4.69) is 5.32 Å². The molecular weight excluding hydrogens is 313 g/mol. The summed E-state index contributed by atoms with van der Waals surface area (Å²) in [5.41, 5.74) is -1.68. The van der Waals surface area contributed by atoms with Crippen LogP contribution in [-0.2, 0) is 14.1 Å². The summed E-state index contributed by atoms with van der Waals surface area (Å²) >= 11 is 0. The number of hydrogen-bond acceptors (Lipinski definition) is 4. The number of nitrogens with zero attached hydrogens (tertiary/aromatic N) is 3. The summed E-state index contributed by atoms with van der Waals surface area (Å²) in [6.45, 7) is 0. The van der Waals surface area contributed by atoms with Crippen LogP contribution < -0.4 is 16.6 Å². The fourth-order valence-corrected chi connectivity index (χ4v) is 2.93. The maximum atomic E-state index is 12.9. The van der Waals surface area contributed by atoms with Crippen LogP contribution in [0.3, 0.4) is 0 Å². The quantitative estimate of drug-likeness (QED) is 0.891. The molecule has 1 N–H and O–H groups in total. The summed E-state index contributed by atoms with van der Waals surface area (Å²) in [6, 6.07) is 1.18. The summed E-state index contributed by atoms with van der Waals surface area (Å²) in [5.74, 6) is -1.43. The second-order valence-electron chi connectivity index (χ2n) is 5.79. The van der Waals surface area contributed by atoms with Gasteiger partial charge in [-0.1, -0.05) is 6.42 Å². The van der Waals surface area contributed by atoms with Crippen LogP contribution in [0.1, 0.15) is 31.2 Å². The molecule has 0 aliphatic heterocycles. The van der Waals surface area contributed by atoms with Gasteiger partial charge in [0, 0.05) is 20.1 Å². The SMILES string of the molecule is Cn1c(N[C@@H]2CCC[C@@H](C(F)(F)F)C2)c(C#N)c(=O)n(C)c1=O. The van der Waals surface area contributed by atoms with Crippen LogP contribution in [0.25, 0.3) is 0 Å². The standard InChI is InChI=1S/C14H17F3N4O2/c1-20-11(10(7-18)12(22)21(2)13(20)23)19-9-5-3-4-8(6-9)14(15,16)17/h8-9,19H,3-6H2,1-2H3/t8-,9-/m1/s1. The van der Waals surface area contributed by atoms with Crippen LogP contribution in [0.5, 0.6) is 0 Å². The topological polar surface area (TPSA) is 79.8 Å². The van der Waals surface area contributed by atoms with Gasteiger partial charge in [-0.2, -0.15) is 18.4 Å². The Morgan fingerprint density at radius 3 is 2.43 bits per heavy atom. The number of aromatic nitrogens is 2. The zero-order valence-electron chi connectivity index (χ0n) is 12.8. The van der Waals surface area contributed by atoms with Crippen molar-refractivity contribution in [2.24, 2.45) is 20.0 Å². The zero-order chi connectivity index (χ0) is 17.4. The van der Waals surface area contributed by atoms with Crippen LogP contribution in [0.4, 0.5) is 19.0 Å². The number of hydrogen-bond donors (Lipinski definition) is 1. The summed E-state index contributed by atoms with van der Waals surface area (Å²) in [6.07, 6.45) is -3.46. The fraction of sp³-hybridized carbons (Fsp3) is 0.643. The first kappa shape index (κ1) is 17.1. The Morgan fingerprint density at radius 2 is 1.87 bits per heavy atom. The highest BCUT2D eigenvalue weighted by Crippen LogP contribution is 2.38. The van der Waals surface area contributed by atoms with Gasteiger partial charge in [0.2, 0.25) is 0 Å². The lowest BCUT2D eigenvalue weighted by atomic mass is 9.85. The number of nitriles is 1. The molecule has 1 aliphatic carbocycles. The Hall–Kier alpha value is -2.24. The van der Waals surface area contributed by atoms with Crippen molar-refractivity contribution in [3.63, 3.8) is 0 Å². The third-order valence-corrected chi connectivity index (χ3v) is 4.25. The van der Waals surface area contributed by atoms with Gasteiger partial charge in [-0.25, -0.2) is 4.79 Å². The molecule has 1 aromatic rings. The predicted octanol–water partition coefficient (Wildman–Crippen LogP) is 1.49. The van der Waals surface area contributed by atoms with Crippen LogP contribution in [0.2, 0.25) is 0 Å². The minimum absolute atomic E-state index is 0.0200. The molecular formula is C14H17F3N4O2. The highest BCUT2D eigenvalue weighted by Gasteiger charge is 2.42. The van der Waals surface area contributed by atoms with Gasteiger partial charge in [0.05, 0.1) is 5.92 Å². The Labute approximate surface area is 130 Å². The first-order chi connectivity index (χ1) is 10.7. The van der Waals surface area contributed by atoms with Crippen molar-refractivity contribution < 1.29 is 13.2 Å². The third-order valence-electron chi connectivity index (χ3n) is 4.25.